The highest BCUT2D eigenvalue weighted by Gasteiger charge is 2.24. The minimum absolute atomic E-state index is 0.186. The van der Waals surface area contributed by atoms with Crippen LogP contribution in [0.4, 0.5) is 5.69 Å². The van der Waals surface area contributed by atoms with Gasteiger partial charge in [0.2, 0.25) is 0 Å². The van der Waals surface area contributed by atoms with Crippen LogP contribution in [0.2, 0.25) is 0 Å². The number of nitrogens with one attached hydrogen (secondary N) is 2. The van der Waals surface area contributed by atoms with E-state index in [0.29, 0.717) is 20.9 Å². The molecule has 0 unspecified atom stereocenters. The number of carbonyl (C=O) groups is 1. The lowest BCUT2D eigenvalue weighted by atomic mass is 10.2. The van der Waals surface area contributed by atoms with E-state index in [0.717, 1.165) is 27.4 Å². The molecule has 0 radical (unpaired) electrons. The van der Waals surface area contributed by atoms with Gasteiger partial charge in [0.25, 0.3) is 5.91 Å². The van der Waals surface area contributed by atoms with E-state index in [-0.39, 0.29) is 5.91 Å². The van der Waals surface area contributed by atoms with Gasteiger partial charge in [0, 0.05) is 6.08 Å². The summed E-state index contributed by atoms with van der Waals surface area (Å²) in [6.07, 6.45) is 1.72. The second-order valence-corrected chi connectivity index (χ2v) is 8.66. The number of nitrogens with zero attached hydrogens (tertiary/aromatic N) is 2. The zero-order valence-electron chi connectivity index (χ0n) is 15.9. The van der Waals surface area contributed by atoms with E-state index in [1.54, 1.807) is 6.08 Å². The standard InChI is InChI=1S/C22H16N4O2S2/c1-13-5-4-6-14(11-13)23-21-26-20(27)18(29-21)12-15-9-10-19(28-15)30-22-24-16-7-2-3-8-17(16)25-22/h2-12H,1H3,(H,24,25)(H,23,26,27)/b18-12-. The van der Waals surface area contributed by atoms with Crippen molar-refractivity contribution in [2.45, 2.75) is 17.2 Å². The summed E-state index contributed by atoms with van der Waals surface area (Å²) in [6.45, 7) is 2.01. The van der Waals surface area contributed by atoms with Crippen LogP contribution in [0.15, 0.2) is 85.2 Å². The van der Waals surface area contributed by atoms with Gasteiger partial charge < -0.3 is 14.7 Å². The third kappa shape index (κ3) is 4.05. The zero-order chi connectivity index (χ0) is 20.5. The molecular weight excluding hydrogens is 416 g/mol. The summed E-state index contributed by atoms with van der Waals surface area (Å²) in [5.74, 6) is 0.414. The molecule has 2 aromatic heterocycles. The van der Waals surface area contributed by atoms with Gasteiger partial charge in [-0.3, -0.25) is 4.79 Å². The molecule has 1 amide bonds. The molecule has 0 aliphatic carbocycles. The van der Waals surface area contributed by atoms with E-state index < -0.39 is 0 Å². The van der Waals surface area contributed by atoms with Crippen LogP contribution in [0.25, 0.3) is 17.1 Å². The van der Waals surface area contributed by atoms with Crippen LogP contribution in [-0.4, -0.2) is 21.0 Å². The first-order valence-electron chi connectivity index (χ1n) is 9.21. The Morgan fingerprint density at radius 3 is 2.90 bits per heavy atom. The van der Waals surface area contributed by atoms with Crippen molar-refractivity contribution in [3.63, 3.8) is 0 Å². The number of thioether (sulfide) groups is 1. The number of hydrogen-bond acceptors (Lipinski definition) is 6. The Morgan fingerprint density at radius 1 is 1.13 bits per heavy atom. The zero-order valence-corrected chi connectivity index (χ0v) is 17.5. The molecule has 4 aromatic rings. The van der Waals surface area contributed by atoms with Crippen LogP contribution < -0.4 is 5.32 Å². The van der Waals surface area contributed by atoms with Gasteiger partial charge in [-0.2, -0.15) is 0 Å². The van der Waals surface area contributed by atoms with Crippen molar-refractivity contribution in [2.75, 3.05) is 0 Å². The fourth-order valence-corrected chi connectivity index (χ4v) is 4.56. The van der Waals surface area contributed by atoms with Crippen LogP contribution in [0, 0.1) is 6.92 Å². The summed E-state index contributed by atoms with van der Waals surface area (Å²) >= 11 is 2.70. The summed E-state index contributed by atoms with van der Waals surface area (Å²) in [5, 5.41) is 4.80. The summed E-state index contributed by atoms with van der Waals surface area (Å²) in [7, 11) is 0. The predicted molar refractivity (Wildman–Crippen MR) is 121 cm³/mol. The quantitative estimate of drug-likeness (QED) is 0.416. The molecule has 2 N–H and O–H groups in total. The lowest BCUT2D eigenvalue weighted by Gasteiger charge is -1.97. The Bertz CT molecular complexity index is 1290. The normalized spacial score (nSPS) is 16.6. The van der Waals surface area contributed by atoms with Gasteiger partial charge in [-0.05, 0) is 72.4 Å². The number of rotatable bonds is 4. The van der Waals surface area contributed by atoms with Gasteiger partial charge in [-0.1, -0.05) is 24.3 Å². The minimum atomic E-state index is -0.186. The van der Waals surface area contributed by atoms with E-state index in [9.17, 15) is 4.79 Å². The lowest BCUT2D eigenvalue weighted by molar-refractivity contribution is -0.115. The van der Waals surface area contributed by atoms with Crippen molar-refractivity contribution in [1.82, 2.24) is 15.3 Å². The topological polar surface area (TPSA) is 83.3 Å². The maximum atomic E-state index is 12.3. The number of amides is 1. The maximum absolute atomic E-state index is 12.3. The fraction of sp³-hybridized carbons (Fsp3) is 0.0455. The summed E-state index contributed by atoms with van der Waals surface area (Å²) in [4.78, 5) is 25.1. The molecule has 1 aliphatic heterocycles. The average molecular weight is 433 g/mol. The molecular formula is C22H16N4O2S2. The fourth-order valence-electron chi connectivity index (χ4n) is 2.96. The summed E-state index contributed by atoms with van der Waals surface area (Å²) in [6, 6.07) is 19.4. The van der Waals surface area contributed by atoms with E-state index >= 15 is 0 Å². The van der Waals surface area contributed by atoms with Gasteiger partial charge >= 0.3 is 0 Å². The highest BCUT2D eigenvalue weighted by Crippen LogP contribution is 2.32. The molecule has 30 heavy (non-hydrogen) atoms. The molecule has 1 saturated heterocycles. The second kappa shape index (κ2) is 7.89. The number of hydrogen-bond donors (Lipinski definition) is 2. The number of aliphatic imine (C=N–C) groups is 1. The number of amidine groups is 1. The van der Waals surface area contributed by atoms with Gasteiger partial charge in [0.1, 0.15) is 5.76 Å². The van der Waals surface area contributed by atoms with Gasteiger partial charge in [0.15, 0.2) is 15.4 Å². The first-order valence-corrected chi connectivity index (χ1v) is 10.8. The molecule has 8 heteroatoms. The molecule has 0 bridgehead atoms. The predicted octanol–water partition coefficient (Wildman–Crippen LogP) is 5.51. The summed E-state index contributed by atoms with van der Waals surface area (Å²) in [5.41, 5.74) is 3.82. The summed E-state index contributed by atoms with van der Waals surface area (Å²) < 4.78 is 5.86. The first kappa shape index (κ1) is 18.8. The van der Waals surface area contributed by atoms with Crippen molar-refractivity contribution in [1.29, 1.82) is 0 Å². The van der Waals surface area contributed by atoms with E-state index in [2.05, 4.69) is 20.3 Å². The average Bonchev–Trinajstić information content (AvgIpc) is 3.41. The number of aromatic nitrogens is 2. The number of H-pyrrole nitrogens is 1. The second-order valence-electron chi connectivity index (χ2n) is 6.64. The highest BCUT2D eigenvalue weighted by atomic mass is 32.2. The molecule has 1 fully saturated rings. The Balaban J connectivity index is 1.31. The molecule has 2 aromatic carbocycles. The largest absolute Gasteiger partial charge is 0.450 e. The molecule has 6 nitrogen and oxygen atoms in total. The smallest absolute Gasteiger partial charge is 0.264 e. The number of furan rings is 1. The monoisotopic (exact) mass is 432 g/mol. The third-order valence-corrected chi connectivity index (χ3v) is 6.04. The van der Waals surface area contributed by atoms with Gasteiger partial charge in [-0.25, -0.2) is 9.98 Å². The third-order valence-electron chi connectivity index (χ3n) is 4.32. The van der Waals surface area contributed by atoms with Crippen LogP contribution in [0.3, 0.4) is 0 Å². The molecule has 3 heterocycles. The molecule has 0 spiro atoms. The van der Waals surface area contributed by atoms with E-state index in [1.165, 1.54) is 23.5 Å². The van der Waals surface area contributed by atoms with Gasteiger partial charge in [-0.15, -0.1) is 0 Å². The lowest BCUT2D eigenvalue weighted by Crippen LogP contribution is -2.19. The van der Waals surface area contributed by atoms with Crippen molar-refractivity contribution < 1.29 is 9.21 Å². The van der Waals surface area contributed by atoms with Crippen LogP contribution in [-0.2, 0) is 4.79 Å². The van der Waals surface area contributed by atoms with Crippen LogP contribution >= 0.6 is 23.5 Å². The number of carbonyl (C=O) groups excluding carboxylic acids is 1. The van der Waals surface area contributed by atoms with Crippen molar-refractivity contribution >= 4 is 57.4 Å². The van der Waals surface area contributed by atoms with Crippen molar-refractivity contribution in [2.24, 2.45) is 4.99 Å². The minimum Gasteiger partial charge on any atom is -0.450 e. The van der Waals surface area contributed by atoms with Crippen LogP contribution in [0.5, 0.6) is 0 Å². The van der Waals surface area contributed by atoms with E-state index in [1.807, 2.05) is 67.6 Å². The SMILES string of the molecule is Cc1cccc(N=C2NC(=O)/C(=C/c3ccc(Sc4nc5ccccc5[nH]4)o3)S2)c1. The highest BCUT2D eigenvalue weighted by molar-refractivity contribution is 8.18. The number of imidazole rings is 1. The number of benzene rings is 2. The molecule has 5 rings (SSSR count). The van der Waals surface area contributed by atoms with Crippen LogP contribution in [0.1, 0.15) is 11.3 Å². The Kier molecular flexibility index (Phi) is 4.94. The Labute approximate surface area is 180 Å². The first-order chi connectivity index (χ1) is 14.6. The maximum Gasteiger partial charge on any atom is 0.264 e. The van der Waals surface area contributed by atoms with E-state index in [4.69, 9.17) is 4.42 Å². The Hall–Kier alpha value is -3.23. The molecule has 0 saturated carbocycles. The van der Waals surface area contributed by atoms with Crippen molar-refractivity contribution in [3.8, 4) is 0 Å². The number of aromatic amines is 1. The molecule has 148 valence electrons. The molecule has 1 aliphatic rings. The Morgan fingerprint density at radius 2 is 2.03 bits per heavy atom. The van der Waals surface area contributed by atoms with Crippen molar-refractivity contribution in [3.05, 3.63) is 76.9 Å². The number of para-hydroxylation sites is 2. The number of aryl methyl sites for hydroxylation is 1. The van der Waals surface area contributed by atoms with Gasteiger partial charge in [0.05, 0.1) is 21.6 Å². The number of fused-ring (bicyclic) bond motifs is 1. The molecule has 0 atom stereocenters.